The van der Waals surface area contributed by atoms with E-state index in [0.29, 0.717) is 0 Å². The van der Waals surface area contributed by atoms with Gasteiger partial charge in [-0.05, 0) is 0 Å². The summed E-state index contributed by atoms with van der Waals surface area (Å²) in [4.78, 5) is 30.1. The van der Waals surface area contributed by atoms with Crippen LogP contribution in [0.15, 0.2) is 48.5 Å². The van der Waals surface area contributed by atoms with Gasteiger partial charge in [-0.1, -0.05) is 0 Å². The first kappa shape index (κ1) is 13.1. The molecule has 2 aromatic rings. The van der Waals surface area contributed by atoms with E-state index in [1.54, 1.807) is 0 Å². The van der Waals surface area contributed by atoms with Gasteiger partial charge in [0.25, 0.3) is 0 Å². The molecule has 0 amide bonds. The number of rotatable bonds is 2. The Morgan fingerprint density at radius 3 is 1.33 bits per heavy atom. The zero-order chi connectivity index (χ0) is 13.4. The van der Waals surface area contributed by atoms with E-state index < -0.39 is 29.5 Å². The number of hydrogen-bond acceptors (Lipinski definition) is 3. The summed E-state index contributed by atoms with van der Waals surface area (Å²) in [7, 11) is -5.78. The average Bonchev–Trinajstić information content (AvgIpc) is 2.29. The predicted octanol–water partition coefficient (Wildman–Crippen LogP) is 1.19. The Morgan fingerprint density at radius 2 is 1.00 bits per heavy atom. The Hall–Kier alpha value is -1.39. The molecule has 0 aliphatic rings. The van der Waals surface area contributed by atoms with E-state index >= 15 is 0 Å². The monoisotopic (exact) mass is 272 g/mol. The van der Waals surface area contributed by atoms with Crippen LogP contribution in [0.3, 0.4) is 0 Å². The summed E-state index contributed by atoms with van der Waals surface area (Å²) in [5, 5.41) is -1.43. The van der Waals surface area contributed by atoms with Gasteiger partial charge in [-0.3, -0.25) is 0 Å². The van der Waals surface area contributed by atoms with E-state index in [4.69, 9.17) is 0 Å². The van der Waals surface area contributed by atoms with Crippen LogP contribution >= 0.6 is 7.28 Å². The summed E-state index contributed by atoms with van der Waals surface area (Å²) in [6, 6.07) is 9.24. The van der Waals surface area contributed by atoms with Crippen molar-refractivity contribution in [3.63, 3.8) is 0 Å². The molecule has 3 nitrogen and oxygen atoms in total. The van der Waals surface area contributed by atoms with Crippen molar-refractivity contribution < 1.29 is 23.5 Å². The van der Waals surface area contributed by atoms with Gasteiger partial charge >= 0.3 is 102 Å². The van der Waals surface area contributed by atoms with Gasteiger partial charge in [0.05, 0.1) is 0 Å². The summed E-state index contributed by atoms with van der Waals surface area (Å²) in [6.45, 7) is 0. The van der Waals surface area contributed by atoms with Crippen molar-refractivity contribution in [2.75, 3.05) is 0 Å². The molecule has 0 saturated carbocycles. The average molecular weight is 272 g/mol. The number of hydrogen-bond donors (Lipinski definition) is 3. The minimum atomic E-state index is -5.78. The molecule has 18 heavy (non-hydrogen) atoms. The number of benzene rings is 2. The van der Waals surface area contributed by atoms with Gasteiger partial charge in [0.1, 0.15) is 0 Å². The van der Waals surface area contributed by atoms with Crippen LogP contribution in [-0.4, -0.2) is 14.7 Å². The van der Waals surface area contributed by atoms with Gasteiger partial charge in [-0.15, -0.1) is 0 Å². The van der Waals surface area contributed by atoms with E-state index in [1.165, 1.54) is 24.3 Å². The molecule has 0 fully saturated rings. The zero-order valence-corrected chi connectivity index (χ0v) is 10.1. The summed E-state index contributed by atoms with van der Waals surface area (Å²) < 4.78 is 27.2. The van der Waals surface area contributed by atoms with Crippen LogP contribution in [-0.2, 0) is 0 Å². The molecule has 6 heteroatoms. The van der Waals surface area contributed by atoms with E-state index in [-0.39, 0.29) is 0 Å². The summed E-state index contributed by atoms with van der Waals surface area (Å²) in [5.74, 6) is -2.02. The van der Waals surface area contributed by atoms with Gasteiger partial charge in [-0.2, -0.15) is 0 Å². The van der Waals surface area contributed by atoms with Gasteiger partial charge < -0.3 is 0 Å². The van der Waals surface area contributed by atoms with Crippen LogP contribution in [0.25, 0.3) is 0 Å². The first-order valence-electron chi connectivity index (χ1n) is 5.08. The van der Waals surface area contributed by atoms with Crippen molar-refractivity contribution in [3.05, 3.63) is 60.2 Å². The molecule has 0 spiro atoms. The molecular formula is C12H11F2O3P. The maximum absolute atomic E-state index is 13.6. The molecule has 0 atom stereocenters. The molecule has 0 aliphatic heterocycles. The fourth-order valence-corrected chi connectivity index (χ4v) is 3.62. The fourth-order valence-electron chi connectivity index (χ4n) is 1.70. The second kappa shape index (κ2) is 4.07. The quantitative estimate of drug-likeness (QED) is 0.720. The third kappa shape index (κ3) is 2.02. The fraction of sp³-hybridized carbons (Fsp3) is 0. The molecule has 0 radical (unpaired) electrons. The van der Waals surface area contributed by atoms with Crippen LogP contribution in [0.2, 0.25) is 0 Å². The third-order valence-electron chi connectivity index (χ3n) is 2.59. The maximum atomic E-state index is 13.6. The standard InChI is InChI=1S/C12H11F2O3P/c13-9-5-1-3-7-11(9)18(15,16,17)12-8-4-2-6-10(12)14/h1-8,15-17H. The first-order chi connectivity index (χ1) is 8.31. The van der Waals surface area contributed by atoms with Crippen molar-refractivity contribution in [1.29, 1.82) is 0 Å². The zero-order valence-electron chi connectivity index (χ0n) is 9.16. The normalized spacial score (nSPS) is 13.9. The molecule has 0 unspecified atom stereocenters. The summed E-state index contributed by atoms with van der Waals surface area (Å²) in [6.07, 6.45) is 0. The van der Waals surface area contributed by atoms with Crippen molar-refractivity contribution in [1.82, 2.24) is 0 Å². The second-order valence-corrected chi connectivity index (χ2v) is 6.81. The molecule has 2 rings (SSSR count). The first-order valence-corrected chi connectivity index (χ1v) is 7.17. The Labute approximate surface area is 102 Å². The van der Waals surface area contributed by atoms with Crippen LogP contribution in [0.4, 0.5) is 8.78 Å². The Balaban J connectivity index is 2.73. The van der Waals surface area contributed by atoms with Crippen LogP contribution in [0.1, 0.15) is 0 Å². The summed E-state index contributed by atoms with van der Waals surface area (Å²) in [5.41, 5.74) is 0. The minimum absolute atomic E-state index is 0.714. The van der Waals surface area contributed by atoms with Crippen LogP contribution in [0, 0.1) is 11.6 Å². The Morgan fingerprint density at radius 1 is 0.667 bits per heavy atom. The van der Waals surface area contributed by atoms with Crippen LogP contribution in [0.5, 0.6) is 0 Å². The number of halogens is 2. The van der Waals surface area contributed by atoms with Gasteiger partial charge in [-0.25, -0.2) is 0 Å². The van der Waals surface area contributed by atoms with E-state index in [9.17, 15) is 23.5 Å². The topological polar surface area (TPSA) is 60.7 Å². The third-order valence-corrected chi connectivity index (χ3v) is 5.09. The van der Waals surface area contributed by atoms with Gasteiger partial charge in [0, 0.05) is 0 Å². The van der Waals surface area contributed by atoms with Crippen molar-refractivity contribution in [2.24, 2.45) is 0 Å². The Bertz CT molecular complexity index is 544. The molecule has 2 aromatic carbocycles. The molecule has 0 saturated heterocycles. The molecule has 0 aliphatic carbocycles. The molecular weight excluding hydrogens is 261 g/mol. The van der Waals surface area contributed by atoms with Crippen LogP contribution < -0.4 is 10.6 Å². The van der Waals surface area contributed by atoms with Crippen molar-refractivity contribution in [2.45, 2.75) is 0 Å². The van der Waals surface area contributed by atoms with Gasteiger partial charge in [0.15, 0.2) is 0 Å². The Kier molecular flexibility index (Phi) is 2.95. The molecule has 96 valence electrons. The van der Waals surface area contributed by atoms with Gasteiger partial charge in [0.2, 0.25) is 0 Å². The van der Waals surface area contributed by atoms with E-state index in [0.717, 1.165) is 24.3 Å². The summed E-state index contributed by atoms with van der Waals surface area (Å²) >= 11 is 0. The van der Waals surface area contributed by atoms with E-state index in [1.807, 2.05) is 0 Å². The van der Waals surface area contributed by atoms with E-state index in [2.05, 4.69) is 0 Å². The van der Waals surface area contributed by atoms with Crippen molar-refractivity contribution >= 4 is 17.9 Å². The molecule has 0 aromatic heterocycles. The SMILES string of the molecule is OP(O)(O)(c1ccccc1F)c1ccccc1F. The molecule has 3 N–H and O–H groups in total. The second-order valence-electron chi connectivity index (χ2n) is 3.88. The molecule has 0 bridgehead atoms. The van der Waals surface area contributed by atoms with Crippen molar-refractivity contribution in [3.8, 4) is 0 Å². The predicted molar refractivity (Wildman–Crippen MR) is 65.6 cm³/mol. The molecule has 0 heterocycles.